The first-order chi connectivity index (χ1) is 14.3. The van der Waals surface area contributed by atoms with Crippen LogP contribution in [0.4, 0.5) is 5.69 Å². The number of carbonyl (C=O) groups excluding carboxylic acids is 1. The molecule has 1 N–H and O–H groups in total. The van der Waals surface area contributed by atoms with Gasteiger partial charge >= 0.3 is 0 Å². The van der Waals surface area contributed by atoms with Crippen molar-refractivity contribution in [1.82, 2.24) is 4.31 Å². The van der Waals surface area contributed by atoms with Crippen molar-refractivity contribution in [3.8, 4) is 11.5 Å². The van der Waals surface area contributed by atoms with Gasteiger partial charge in [0.05, 0.1) is 13.7 Å². The Labute approximate surface area is 182 Å². The van der Waals surface area contributed by atoms with Crippen LogP contribution in [0.3, 0.4) is 0 Å². The summed E-state index contributed by atoms with van der Waals surface area (Å²) in [5.74, 6) is 0.612. The number of nitrogens with zero attached hydrogens (tertiary/aromatic N) is 1. The Bertz CT molecular complexity index is 987. The number of ether oxygens (including phenoxy) is 2. The first-order valence-corrected chi connectivity index (χ1v) is 11.5. The number of anilines is 1. The van der Waals surface area contributed by atoms with Crippen molar-refractivity contribution in [3.05, 3.63) is 47.5 Å². The Kier molecular flexibility index (Phi) is 7.23. The largest absolute Gasteiger partial charge is 0.495 e. The zero-order chi connectivity index (χ0) is 21.7. The molecule has 1 saturated heterocycles. The summed E-state index contributed by atoms with van der Waals surface area (Å²) in [6.07, 6.45) is 0.871. The van der Waals surface area contributed by atoms with E-state index in [1.54, 1.807) is 30.3 Å². The van der Waals surface area contributed by atoms with Gasteiger partial charge in [-0.25, -0.2) is 8.42 Å². The van der Waals surface area contributed by atoms with Crippen molar-refractivity contribution in [2.75, 3.05) is 32.1 Å². The predicted molar refractivity (Wildman–Crippen MR) is 116 cm³/mol. The van der Waals surface area contributed by atoms with E-state index in [0.717, 1.165) is 5.75 Å². The second-order valence-corrected chi connectivity index (χ2v) is 9.26. The van der Waals surface area contributed by atoms with Crippen LogP contribution in [0.1, 0.15) is 19.8 Å². The number of rotatable bonds is 7. The number of hydrogen-bond acceptors (Lipinski definition) is 5. The maximum atomic E-state index is 13.0. The van der Waals surface area contributed by atoms with E-state index < -0.39 is 10.0 Å². The number of amides is 1. The van der Waals surface area contributed by atoms with E-state index in [0.29, 0.717) is 30.2 Å². The van der Waals surface area contributed by atoms with Crippen LogP contribution in [0, 0.1) is 5.92 Å². The molecule has 162 valence electrons. The molecule has 1 heterocycles. The third-order valence-corrected chi connectivity index (χ3v) is 7.16. The Hall–Kier alpha value is -2.29. The second kappa shape index (κ2) is 9.68. The molecule has 0 atom stereocenters. The van der Waals surface area contributed by atoms with Gasteiger partial charge in [-0.1, -0.05) is 11.6 Å². The number of piperidine rings is 1. The fourth-order valence-electron chi connectivity index (χ4n) is 3.40. The van der Waals surface area contributed by atoms with Gasteiger partial charge in [0.2, 0.25) is 15.9 Å². The van der Waals surface area contributed by atoms with E-state index >= 15 is 0 Å². The van der Waals surface area contributed by atoms with Gasteiger partial charge in [-0.2, -0.15) is 4.31 Å². The summed E-state index contributed by atoms with van der Waals surface area (Å²) in [6, 6.07) is 11.7. The monoisotopic (exact) mass is 452 g/mol. The van der Waals surface area contributed by atoms with Gasteiger partial charge in [0.1, 0.15) is 16.4 Å². The summed E-state index contributed by atoms with van der Waals surface area (Å²) < 4.78 is 38.1. The van der Waals surface area contributed by atoms with Gasteiger partial charge in [0.25, 0.3) is 0 Å². The third kappa shape index (κ3) is 5.06. The van der Waals surface area contributed by atoms with Crippen LogP contribution in [-0.4, -0.2) is 45.4 Å². The van der Waals surface area contributed by atoms with Crippen molar-refractivity contribution in [2.24, 2.45) is 5.92 Å². The fourth-order valence-corrected chi connectivity index (χ4v) is 5.28. The summed E-state index contributed by atoms with van der Waals surface area (Å²) in [4.78, 5) is 12.6. The predicted octanol–water partition coefficient (Wildman–Crippen LogP) is 3.79. The minimum Gasteiger partial charge on any atom is -0.495 e. The number of nitrogens with one attached hydrogen (secondary N) is 1. The van der Waals surface area contributed by atoms with Gasteiger partial charge < -0.3 is 14.8 Å². The maximum Gasteiger partial charge on any atom is 0.246 e. The molecule has 0 spiro atoms. The van der Waals surface area contributed by atoms with Crippen molar-refractivity contribution >= 4 is 33.2 Å². The molecule has 0 saturated carbocycles. The van der Waals surface area contributed by atoms with Crippen molar-refractivity contribution in [3.63, 3.8) is 0 Å². The second-order valence-electron chi connectivity index (χ2n) is 6.92. The highest BCUT2D eigenvalue weighted by Crippen LogP contribution is 2.32. The number of benzene rings is 2. The first-order valence-electron chi connectivity index (χ1n) is 9.72. The summed E-state index contributed by atoms with van der Waals surface area (Å²) in [5, 5.41) is 3.21. The van der Waals surface area contributed by atoms with Gasteiger partial charge in [0, 0.05) is 29.7 Å². The number of sulfonamides is 1. The molecule has 0 aromatic heterocycles. The SMILES string of the molecule is CCOc1ccc(NC(=O)C2CCN(S(=O)(=O)c3cc(Cl)ccc3OC)CC2)cc1. The molecule has 7 nitrogen and oxygen atoms in total. The molecule has 9 heteroatoms. The van der Waals surface area contributed by atoms with Crippen LogP contribution in [0.5, 0.6) is 11.5 Å². The van der Waals surface area contributed by atoms with E-state index in [9.17, 15) is 13.2 Å². The minimum absolute atomic E-state index is 0.0368. The average molecular weight is 453 g/mol. The molecular formula is C21H25ClN2O5S. The lowest BCUT2D eigenvalue weighted by Crippen LogP contribution is -2.41. The molecule has 1 amide bonds. The Morgan fingerprint density at radius 1 is 1.17 bits per heavy atom. The topological polar surface area (TPSA) is 84.9 Å². The highest BCUT2D eigenvalue weighted by molar-refractivity contribution is 7.89. The molecule has 0 bridgehead atoms. The van der Waals surface area contributed by atoms with Crippen LogP contribution in [0.25, 0.3) is 0 Å². The lowest BCUT2D eigenvalue weighted by Gasteiger charge is -2.31. The molecule has 2 aromatic carbocycles. The van der Waals surface area contributed by atoms with E-state index in [2.05, 4.69) is 5.32 Å². The molecule has 3 rings (SSSR count). The highest BCUT2D eigenvalue weighted by atomic mass is 35.5. The number of carbonyl (C=O) groups is 1. The summed E-state index contributed by atoms with van der Waals surface area (Å²) in [6.45, 7) is 2.98. The van der Waals surface area contributed by atoms with Gasteiger partial charge in [-0.15, -0.1) is 0 Å². The zero-order valence-corrected chi connectivity index (χ0v) is 18.5. The Balaban J connectivity index is 1.62. The molecule has 2 aromatic rings. The van der Waals surface area contributed by atoms with Crippen LogP contribution in [0.2, 0.25) is 5.02 Å². The van der Waals surface area contributed by atoms with Gasteiger partial charge in [0.15, 0.2) is 0 Å². The van der Waals surface area contributed by atoms with Crippen LogP contribution in [-0.2, 0) is 14.8 Å². The van der Waals surface area contributed by atoms with E-state index in [-0.39, 0.29) is 35.6 Å². The Morgan fingerprint density at radius 3 is 2.43 bits per heavy atom. The molecule has 1 aliphatic heterocycles. The van der Waals surface area contributed by atoms with Gasteiger partial charge in [-0.05, 0) is 62.2 Å². The summed E-state index contributed by atoms with van der Waals surface area (Å²) in [7, 11) is -2.35. The summed E-state index contributed by atoms with van der Waals surface area (Å²) in [5.41, 5.74) is 0.683. The molecule has 0 radical (unpaired) electrons. The Morgan fingerprint density at radius 2 is 1.83 bits per heavy atom. The normalized spacial score (nSPS) is 15.6. The van der Waals surface area contributed by atoms with Crippen LogP contribution >= 0.6 is 11.6 Å². The minimum atomic E-state index is -3.77. The molecule has 0 aliphatic carbocycles. The first kappa shape index (κ1) is 22.4. The van der Waals surface area contributed by atoms with Crippen molar-refractivity contribution in [1.29, 1.82) is 0 Å². The average Bonchev–Trinajstić information content (AvgIpc) is 2.75. The molecule has 1 aliphatic rings. The fraction of sp³-hybridized carbons (Fsp3) is 0.381. The van der Waals surface area contributed by atoms with E-state index in [1.807, 2.05) is 6.92 Å². The quantitative estimate of drug-likeness (QED) is 0.690. The summed E-state index contributed by atoms with van der Waals surface area (Å²) >= 11 is 5.99. The van der Waals surface area contributed by atoms with Crippen molar-refractivity contribution < 1.29 is 22.7 Å². The van der Waals surface area contributed by atoms with Gasteiger partial charge in [-0.3, -0.25) is 4.79 Å². The van der Waals surface area contributed by atoms with E-state index in [4.69, 9.17) is 21.1 Å². The van der Waals surface area contributed by atoms with Crippen molar-refractivity contribution in [2.45, 2.75) is 24.7 Å². The number of hydrogen-bond donors (Lipinski definition) is 1. The third-order valence-electron chi connectivity index (χ3n) is 5.00. The standard InChI is InChI=1S/C21H25ClN2O5S/c1-3-29-18-7-5-17(6-8-18)23-21(25)15-10-12-24(13-11-15)30(26,27)20-14-16(22)4-9-19(20)28-2/h4-9,14-15H,3,10-13H2,1-2H3,(H,23,25). The van der Waals surface area contributed by atoms with Crippen LogP contribution in [0.15, 0.2) is 47.4 Å². The lowest BCUT2D eigenvalue weighted by molar-refractivity contribution is -0.120. The smallest absolute Gasteiger partial charge is 0.246 e. The molecular weight excluding hydrogens is 428 g/mol. The lowest BCUT2D eigenvalue weighted by atomic mass is 9.97. The zero-order valence-electron chi connectivity index (χ0n) is 16.9. The maximum absolute atomic E-state index is 13.0. The molecule has 0 unspecified atom stereocenters. The molecule has 30 heavy (non-hydrogen) atoms. The highest BCUT2D eigenvalue weighted by Gasteiger charge is 2.33. The van der Waals surface area contributed by atoms with E-state index in [1.165, 1.54) is 23.5 Å². The number of halogens is 1. The number of methoxy groups -OCH3 is 1. The molecule has 1 fully saturated rings. The van der Waals surface area contributed by atoms with Crippen LogP contribution < -0.4 is 14.8 Å².